The van der Waals surface area contributed by atoms with Crippen molar-refractivity contribution in [3.8, 4) is 5.75 Å². The lowest BCUT2D eigenvalue weighted by atomic mass is 10.1. The van der Waals surface area contributed by atoms with E-state index in [0.29, 0.717) is 18.4 Å². The number of carbonyl (C=O) groups excluding carboxylic acids is 1. The average Bonchev–Trinajstić information content (AvgIpc) is 3.01. The molecule has 1 saturated heterocycles. The van der Waals surface area contributed by atoms with Gasteiger partial charge in [-0.2, -0.15) is 0 Å². The summed E-state index contributed by atoms with van der Waals surface area (Å²) >= 11 is 0. The summed E-state index contributed by atoms with van der Waals surface area (Å²) < 4.78 is 28.7. The van der Waals surface area contributed by atoms with Gasteiger partial charge in [-0.1, -0.05) is 18.2 Å². The number of amides is 1. The maximum Gasteiger partial charge on any atom is 0.253 e. The van der Waals surface area contributed by atoms with Crippen LogP contribution in [-0.4, -0.2) is 55.9 Å². The fourth-order valence-electron chi connectivity index (χ4n) is 3.20. The third-order valence-corrected chi connectivity index (χ3v) is 6.45. The zero-order valence-electron chi connectivity index (χ0n) is 14.9. The van der Waals surface area contributed by atoms with Crippen LogP contribution in [0.2, 0.25) is 0 Å². The van der Waals surface area contributed by atoms with Gasteiger partial charge in [-0.3, -0.25) is 9.78 Å². The van der Waals surface area contributed by atoms with Crippen molar-refractivity contribution in [2.75, 3.05) is 25.7 Å². The first-order valence-corrected chi connectivity index (χ1v) is 10.3. The van der Waals surface area contributed by atoms with Crippen LogP contribution >= 0.6 is 0 Å². The largest absolute Gasteiger partial charge is 0.496 e. The third-order valence-electron chi connectivity index (χ3n) is 4.70. The van der Waals surface area contributed by atoms with Crippen molar-refractivity contribution in [3.63, 3.8) is 0 Å². The number of aromatic nitrogens is 1. The molecule has 0 unspecified atom stereocenters. The molecule has 1 aromatic carbocycles. The minimum atomic E-state index is -3.03. The number of hydrogen-bond acceptors (Lipinski definition) is 5. The molecule has 1 aliphatic rings. The fourth-order valence-corrected chi connectivity index (χ4v) is 4.98. The Morgan fingerprint density at radius 1 is 1.31 bits per heavy atom. The normalized spacial score (nSPS) is 18.5. The van der Waals surface area contributed by atoms with E-state index in [9.17, 15) is 13.2 Å². The standard InChI is InChI=1S/C19H22N2O4S/c1-21(17-8-10-26(23,24)13-17)19(22)15-7-9-20-16(12-15)11-14-5-3-4-6-18(14)25-2/h3-7,9,12,17H,8,10-11,13H2,1-2H3/t17-/m0/s1. The molecular weight excluding hydrogens is 352 g/mol. The van der Waals surface area contributed by atoms with Crippen molar-refractivity contribution in [1.29, 1.82) is 0 Å². The van der Waals surface area contributed by atoms with Crippen molar-refractivity contribution in [3.05, 3.63) is 59.4 Å². The Bertz CT molecular complexity index is 911. The van der Waals surface area contributed by atoms with E-state index in [1.165, 1.54) is 4.90 Å². The highest BCUT2D eigenvalue weighted by Gasteiger charge is 2.33. The monoisotopic (exact) mass is 374 g/mol. The van der Waals surface area contributed by atoms with E-state index in [1.807, 2.05) is 24.3 Å². The molecule has 7 heteroatoms. The SMILES string of the molecule is COc1ccccc1Cc1cc(C(=O)N(C)[C@H]2CCS(=O)(=O)C2)ccn1. The van der Waals surface area contributed by atoms with E-state index in [0.717, 1.165) is 17.0 Å². The minimum Gasteiger partial charge on any atom is -0.496 e. The van der Waals surface area contributed by atoms with Gasteiger partial charge in [-0.15, -0.1) is 0 Å². The molecule has 26 heavy (non-hydrogen) atoms. The summed E-state index contributed by atoms with van der Waals surface area (Å²) in [5, 5.41) is 0. The molecule has 6 nitrogen and oxygen atoms in total. The number of para-hydroxylation sites is 1. The molecule has 1 amide bonds. The Morgan fingerprint density at radius 2 is 2.08 bits per heavy atom. The highest BCUT2D eigenvalue weighted by atomic mass is 32.2. The van der Waals surface area contributed by atoms with E-state index in [2.05, 4.69) is 4.98 Å². The molecule has 0 bridgehead atoms. The van der Waals surface area contributed by atoms with Crippen LogP contribution in [-0.2, 0) is 16.3 Å². The summed E-state index contributed by atoms with van der Waals surface area (Å²) in [5.41, 5.74) is 2.26. The molecule has 2 aromatic rings. The summed E-state index contributed by atoms with van der Waals surface area (Å²) in [5.74, 6) is 0.772. The van der Waals surface area contributed by atoms with Crippen LogP contribution in [0.4, 0.5) is 0 Å². The lowest BCUT2D eigenvalue weighted by molar-refractivity contribution is 0.0747. The molecule has 1 atom stereocenters. The van der Waals surface area contributed by atoms with Gasteiger partial charge in [0.2, 0.25) is 0 Å². The predicted molar refractivity (Wildman–Crippen MR) is 99.2 cm³/mol. The number of ether oxygens (including phenoxy) is 1. The van der Waals surface area contributed by atoms with E-state index < -0.39 is 9.84 Å². The first-order valence-electron chi connectivity index (χ1n) is 8.44. The molecule has 1 aromatic heterocycles. The van der Waals surface area contributed by atoms with Crippen LogP contribution in [0.15, 0.2) is 42.6 Å². The molecular formula is C19H22N2O4S. The minimum absolute atomic E-state index is 0.0361. The number of sulfone groups is 1. The number of benzene rings is 1. The van der Waals surface area contributed by atoms with Crippen molar-refractivity contribution < 1.29 is 17.9 Å². The van der Waals surface area contributed by atoms with Gasteiger partial charge < -0.3 is 9.64 Å². The van der Waals surface area contributed by atoms with Crippen molar-refractivity contribution in [2.45, 2.75) is 18.9 Å². The van der Waals surface area contributed by atoms with Gasteiger partial charge in [-0.25, -0.2) is 8.42 Å². The maximum absolute atomic E-state index is 12.7. The first-order chi connectivity index (χ1) is 12.4. The molecule has 3 rings (SSSR count). The fraction of sp³-hybridized carbons (Fsp3) is 0.368. The molecule has 0 aliphatic carbocycles. The second-order valence-electron chi connectivity index (χ2n) is 6.50. The number of nitrogens with zero attached hydrogens (tertiary/aromatic N) is 2. The Morgan fingerprint density at radius 3 is 2.77 bits per heavy atom. The lowest BCUT2D eigenvalue weighted by Crippen LogP contribution is -2.37. The summed E-state index contributed by atoms with van der Waals surface area (Å²) in [6, 6.07) is 10.8. The zero-order valence-corrected chi connectivity index (χ0v) is 15.7. The lowest BCUT2D eigenvalue weighted by Gasteiger charge is -2.23. The van der Waals surface area contributed by atoms with E-state index in [1.54, 1.807) is 32.5 Å². The smallest absolute Gasteiger partial charge is 0.253 e. The van der Waals surface area contributed by atoms with Crippen LogP contribution < -0.4 is 4.74 Å². The van der Waals surface area contributed by atoms with Crippen LogP contribution in [0.5, 0.6) is 5.75 Å². The van der Waals surface area contributed by atoms with E-state index in [-0.39, 0.29) is 23.5 Å². The Labute approximate surface area is 153 Å². The average molecular weight is 374 g/mol. The Hall–Kier alpha value is -2.41. The highest BCUT2D eigenvalue weighted by Crippen LogP contribution is 2.22. The van der Waals surface area contributed by atoms with Crippen LogP contribution in [0.1, 0.15) is 28.0 Å². The zero-order chi connectivity index (χ0) is 18.7. The number of methoxy groups -OCH3 is 1. The summed E-state index contributed by atoms with van der Waals surface area (Å²) in [4.78, 5) is 18.6. The second-order valence-corrected chi connectivity index (χ2v) is 8.73. The second kappa shape index (κ2) is 7.45. The molecule has 0 saturated carbocycles. The Kier molecular flexibility index (Phi) is 5.27. The summed E-state index contributed by atoms with van der Waals surface area (Å²) in [6.45, 7) is 0. The van der Waals surface area contributed by atoms with Crippen LogP contribution in [0.25, 0.3) is 0 Å². The Balaban J connectivity index is 1.77. The van der Waals surface area contributed by atoms with Gasteiger partial charge >= 0.3 is 0 Å². The van der Waals surface area contributed by atoms with Crippen molar-refractivity contribution in [1.82, 2.24) is 9.88 Å². The maximum atomic E-state index is 12.7. The number of pyridine rings is 1. The van der Waals surface area contributed by atoms with E-state index in [4.69, 9.17) is 4.74 Å². The van der Waals surface area contributed by atoms with Crippen LogP contribution in [0.3, 0.4) is 0 Å². The molecule has 1 aliphatic heterocycles. The molecule has 0 N–H and O–H groups in total. The predicted octanol–water partition coefficient (Wildman–Crippen LogP) is 1.94. The third kappa shape index (κ3) is 4.04. The molecule has 138 valence electrons. The van der Waals surface area contributed by atoms with Crippen molar-refractivity contribution in [2.24, 2.45) is 0 Å². The van der Waals surface area contributed by atoms with Gasteiger partial charge in [0, 0.05) is 42.5 Å². The molecule has 0 spiro atoms. The van der Waals surface area contributed by atoms with E-state index >= 15 is 0 Å². The van der Waals surface area contributed by atoms with Gasteiger partial charge in [-0.05, 0) is 24.6 Å². The molecule has 1 fully saturated rings. The molecule has 0 radical (unpaired) electrons. The highest BCUT2D eigenvalue weighted by molar-refractivity contribution is 7.91. The first kappa shape index (κ1) is 18.4. The van der Waals surface area contributed by atoms with Gasteiger partial charge in [0.25, 0.3) is 5.91 Å². The van der Waals surface area contributed by atoms with Gasteiger partial charge in [0.1, 0.15) is 5.75 Å². The topological polar surface area (TPSA) is 76.6 Å². The molecule has 2 heterocycles. The quantitative estimate of drug-likeness (QED) is 0.799. The number of carbonyl (C=O) groups is 1. The number of hydrogen-bond donors (Lipinski definition) is 0. The van der Waals surface area contributed by atoms with Crippen LogP contribution in [0, 0.1) is 0 Å². The summed E-state index contributed by atoms with van der Waals surface area (Å²) in [7, 11) is 0.250. The van der Waals surface area contributed by atoms with Crippen molar-refractivity contribution >= 4 is 15.7 Å². The summed E-state index contributed by atoms with van der Waals surface area (Å²) in [6.07, 6.45) is 2.65. The number of rotatable bonds is 5. The van der Waals surface area contributed by atoms with Gasteiger partial charge in [0.05, 0.1) is 18.6 Å². The van der Waals surface area contributed by atoms with Gasteiger partial charge in [0.15, 0.2) is 9.84 Å².